The zero-order valence-electron chi connectivity index (χ0n) is 17.6. The molecule has 2 aliphatic rings. The molecule has 0 spiro atoms. The van der Waals surface area contributed by atoms with Crippen LogP contribution in [-0.2, 0) is 4.79 Å². The summed E-state index contributed by atoms with van der Waals surface area (Å²) in [4.78, 5) is 16.3. The molecule has 0 unspecified atom stereocenters. The molecule has 2 fully saturated rings. The van der Waals surface area contributed by atoms with Crippen molar-refractivity contribution in [3.8, 4) is 11.8 Å². The Morgan fingerprint density at radius 1 is 1.23 bits per heavy atom. The third-order valence-electron chi connectivity index (χ3n) is 5.84. The zero-order chi connectivity index (χ0) is 22.6. The van der Waals surface area contributed by atoms with Gasteiger partial charge < -0.3 is 15.4 Å². The van der Waals surface area contributed by atoms with Crippen LogP contribution in [0.3, 0.4) is 0 Å². The molecule has 2 aromatic rings. The van der Waals surface area contributed by atoms with Gasteiger partial charge in [-0.05, 0) is 81.7 Å². The molecule has 2 N–H and O–H groups in total. The normalized spacial score (nSPS) is 18.8. The van der Waals surface area contributed by atoms with Crippen LogP contribution in [-0.4, -0.2) is 28.7 Å². The average Bonchev–Trinajstić information content (AvgIpc) is 3.41. The van der Waals surface area contributed by atoms with E-state index in [1.165, 1.54) is 17.0 Å². The van der Waals surface area contributed by atoms with Crippen LogP contribution in [0.5, 0.6) is 5.75 Å². The third-order valence-corrected chi connectivity index (χ3v) is 6.20. The molecule has 160 valence electrons. The topological polar surface area (TPSA) is 82.6 Å². The maximum atomic E-state index is 14.8. The highest BCUT2D eigenvalue weighted by molar-refractivity contribution is 7.81. The van der Waals surface area contributed by atoms with Crippen molar-refractivity contribution in [2.75, 3.05) is 16.4 Å². The summed E-state index contributed by atoms with van der Waals surface area (Å²) in [7, 11) is 0. The van der Waals surface area contributed by atoms with Gasteiger partial charge in [0.15, 0.2) is 16.7 Å². The summed E-state index contributed by atoms with van der Waals surface area (Å²) in [5, 5.41) is 9.41. The van der Waals surface area contributed by atoms with Crippen LogP contribution < -0.4 is 20.3 Å². The first-order valence-electron chi connectivity index (χ1n) is 9.98. The number of rotatable bonds is 5. The standard InChI is InChI=1S/C23H23FN4O2S/c1-14-10-16(5-4-15(14)12-25)27-20(29)22(2,3)28(21(27)31)17-6-7-19(18(24)11-17)30-13-23(26)8-9-23/h4-7,10-11H,8-9,13,26H2,1-3H3. The van der Waals surface area contributed by atoms with Gasteiger partial charge in [-0.15, -0.1) is 0 Å². The van der Waals surface area contributed by atoms with E-state index in [-0.39, 0.29) is 28.9 Å². The van der Waals surface area contributed by atoms with Gasteiger partial charge in [-0.25, -0.2) is 4.39 Å². The second-order valence-corrected chi connectivity index (χ2v) is 9.06. The molecule has 1 amide bonds. The van der Waals surface area contributed by atoms with Gasteiger partial charge >= 0.3 is 0 Å². The van der Waals surface area contributed by atoms with Gasteiger partial charge in [0.1, 0.15) is 12.1 Å². The van der Waals surface area contributed by atoms with Crippen molar-refractivity contribution in [3.05, 3.63) is 53.3 Å². The molecule has 2 aromatic carbocycles. The van der Waals surface area contributed by atoms with Crippen LogP contribution in [0.25, 0.3) is 0 Å². The van der Waals surface area contributed by atoms with E-state index in [9.17, 15) is 9.18 Å². The number of nitriles is 1. The average molecular weight is 439 g/mol. The van der Waals surface area contributed by atoms with E-state index in [1.54, 1.807) is 49.9 Å². The molecule has 1 heterocycles. The quantitative estimate of drug-likeness (QED) is 0.715. The van der Waals surface area contributed by atoms with Crippen LogP contribution in [0.2, 0.25) is 0 Å². The zero-order valence-corrected chi connectivity index (χ0v) is 18.4. The number of hydrogen-bond acceptors (Lipinski definition) is 5. The number of carbonyl (C=O) groups excluding carboxylic acids is 1. The Labute approximate surface area is 186 Å². The number of carbonyl (C=O) groups is 1. The van der Waals surface area contributed by atoms with Gasteiger partial charge in [-0.2, -0.15) is 5.26 Å². The number of benzene rings is 2. The van der Waals surface area contributed by atoms with Crippen molar-refractivity contribution in [3.63, 3.8) is 0 Å². The van der Waals surface area contributed by atoms with Crippen molar-refractivity contribution in [2.24, 2.45) is 5.73 Å². The Kier molecular flexibility index (Phi) is 4.99. The molecular formula is C23H23FN4O2S. The van der Waals surface area contributed by atoms with Crippen molar-refractivity contribution in [1.82, 2.24) is 0 Å². The van der Waals surface area contributed by atoms with E-state index < -0.39 is 11.4 Å². The molecule has 1 saturated carbocycles. The van der Waals surface area contributed by atoms with Crippen molar-refractivity contribution in [2.45, 2.75) is 44.7 Å². The van der Waals surface area contributed by atoms with Crippen LogP contribution in [0.4, 0.5) is 15.8 Å². The lowest BCUT2D eigenvalue weighted by Crippen LogP contribution is -2.44. The molecule has 6 nitrogen and oxygen atoms in total. The lowest BCUT2D eigenvalue weighted by molar-refractivity contribution is -0.120. The lowest BCUT2D eigenvalue weighted by atomic mass is 10.0. The van der Waals surface area contributed by atoms with E-state index in [0.717, 1.165) is 18.4 Å². The van der Waals surface area contributed by atoms with Crippen molar-refractivity contribution < 1.29 is 13.9 Å². The first kappa shape index (κ1) is 21.2. The fourth-order valence-electron chi connectivity index (χ4n) is 3.64. The predicted octanol–water partition coefficient (Wildman–Crippen LogP) is 3.79. The van der Waals surface area contributed by atoms with E-state index in [4.69, 9.17) is 28.0 Å². The number of hydrogen-bond donors (Lipinski definition) is 1. The number of thiocarbonyl (C=S) groups is 1. The summed E-state index contributed by atoms with van der Waals surface area (Å²) in [6, 6.07) is 11.7. The number of nitrogens with zero attached hydrogens (tertiary/aromatic N) is 3. The monoisotopic (exact) mass is 438 g/mol. The Balaban J connectivity index is 1.64. The number of amides is 1. The molecule has 8 heteroatoms. The Morgan fingerprint density at radius 2 is 1.90 bits per heavy atom. The summed E-state index contributed by atoms with van der Waals surface area (Å²) in [6.07, 6.45) is 1.74. The highest BCUT2D eigenvalue weighted by Crippen LogP contribution is 2.38. The first-order chi connectivity index (χ1) is 14.6. The van der Waals surface area contributed by atoms with Gasteiger partial charge in [0.05, 0.1) is 22.9 Å². The minimum Gasteiger partial charge on any atom is -0.489 e. The molecular weight excluding hydrogens is 415 g/mol. The van der Waals surface area contributed by atoms with Crippen molar-refractivity contribution in [1.29, 1.82) is 5.26 Å². The van der Waals surface area contributed by atoms with Crippen LogP contribution in [0.1, 0.15) is 37.8 Å². The lowest BCUT2D eigenvalue weighted by Gasteiger charge is -2.29. The molecule has 0 radical (unpaired) electrons. The molecule has 4 rings (SSSR count). The molecule has 1 aliphatic carbocycles. The molecule has 1 aliphatic heterocycles. The van der Waals surface area contributed by atoms with Crippen LogP contribution >= 0.6 is 12.2 Å². The molecule has 0 aromatic heterocycles. The minimum absolute atomic E-state index is 0.120. The fraction of sp³-hybridized carbons (Fsp3) is 0.348. The van der Waals surface area contributed by atoms with Crippen LogP contribution in [0, 0.1) is 24.1 Å². The molecule has 31 heavy (non-hydrogen) atoms. The second kappa shape index (κ2) is 7.29. The summed E-state index contributed by atoms with van der Waals surface area (Å²) in [6.45, 7) is 5.55. The summed E-state index contributed by atoms with van der Waals surface area (Å²) < 4.78 is 20.3. The van der Waals surface area contributed by atoms with E-state index in [1.807, 2.05) is 0 Å². The number of halogens is 1. The SMILES string of the molecule is Cc1cc(N2C(=O)C(C)(C)N(c3ccc(OCC4(N)CC4)c(F)c3)C2=S)ccc1C#N. The maximum Gasteiger partial charge on any atom is 0.259 e. The summed E-state index contributed by atoms with van der Waals surface area (Å²) in [5.41, 5.74) is 6.93. The van der Waals surface area contributed by atoms with Crippen LogP contribution in [0.15, 0.2) is 36.4 Å². The fourth-order valence-corrected chi connectivity index (χ4v) is 4.16. The molecule has 1 saturated heterocycles. The highest BCUT2D eigenvalue weighted by atomic mass is 32.1. The molecule has 0 atom stereocenters. The number of ether oxygens (including phenoxy) is 1. The Morgan fingerprint density at radius 3 is 2.48 bits per heavy atom. The minimum atomic E-state index is -1.02. The smallest absolute Gasteiger partial charge is 0.259 e. The van der Waals surface area contributed by atoms with E-state index in [0.29, 0.717) is 16.9 Å². The number of aryl methyl sites for hydroxylation is 1. The maximum absolute atomic E-state index is 14.8. The third kappa shape index (κ3) is 3.64. The van der Waals surface area contributed by atoms with E-state index in [2.05, 4.69) is 6.07 Å². The predicted molar refractivity (Wildman–Crippen MR) is 121 cm³/mol. The van der Waals surface area contributed by atoms with E-state index >= 15 is 0 Å². The summed E-state index contributed by atoms with van der Waals surface area (Å²) in [5.74, 6) is -0.657. The summed E-state index contributed by atoms with van der Waals surface area (Å²) >= 11 is 5.64. The van der Waals surface area contributed by atoms with Gasteiger partial charge in [0, 0.05) is 11.8 Å². The largest absolute Gasteiger partial charge is 0.489 e. The Hall–Kier alpha value is -3.02. The number of nitrogens with two attached hydrogens (primary N) is 1. The number of anilines is 2. The first-order valence-corrected chi connectivity index (χ1v) is 10.4. The van der Waals surface area contributed by atoms with Gasteiger partial charge in [-0.1, -0.05) is 0 Å². The Bertz CT molecular complexity index is 1140. The van der Waals surface area contributed by atoms with Crippen molar-refractivity contribution >= 4 is 34.6 Å². The highest BCUT2D eigenvalue weighted by Gasteiger charge is 2.50. The molecule has 0 bridgehead atoms. The van der Waals surface area contributed by atoms with Gasteiger partial charge in [0.25, 0.3) is 5.91 Å². The van der Waals surface area contributed by atoms with Gasteiger partial charge in [-0.3, -0.25) is 9.69 Å². The van der Waals surface area contributed by atoms with Gasteiger partial charge in [0.2, 0.25) is 0 Å². The second-order valence-electron chi connectivity index (χ2n) is 8.69.